The molecule has 1 atom stereocenters. The number of esters is 1. The number of anilines is 1. The Morgan fingerprint density at radius 2 is 2.08 bits per heavy atom. The Hall–Kier alpha value is -2.18. The maximum atomic E-state index is 12.8. The number of methoxy groups -OCH3 is 1. The number of amides is 1. The van der Waals surface area contributed by atoms with Crippen molar-refractivity contribution >= 4 is 28.2 Å². The zero-order valence-electron chi connectivity index (χ0n) is 15.7. The summed E-state index contributed by atoms with van der Waals surface area (Å²) in [6.07, 6.45) is 0.832. The third kappa shape index (κ3) is 3.52. The summed E-state index contributed by atoms with van der Waals surface area (Å²) in [7, 11) is 1.38. The molecule has 1 amide bonds. The van der Waals surface area contributed by atoms with Crippen LogP contribution < -0.4 is 10.2 Å². The van der Waals surface area contributed by atoms with Crippen molar-refractivity contribution in [2.75, 3.05) is 25.5 Å². The molecule has 0 spiro atoms. The summed E-state index contributed by atoms with van der Waals surface area (Å²) in [6.45, 7) is 9.02. The largest absolute Gasteiger partial charge is 0.465 e. The van der Waals surface area contributed by atoms with Crippen LogP contribution in [0, 0.1) is 13.8 Å². The highest BCUT2D eigenvalue weighted by Gasteiger charge is 2.30. The molecule has 138 valence electrons. The number of quaternary nitrogens is 1. The van der Waals surface area contributed by atoms with Gasteiger partial charge < -0.3 is 15.0 Å². The van der Waals surface area contributed by atoms with Gasteiger partial charge in [-0.15, -0.1) is 11.3 Å². The topological polar surface area (TPSA) is 59.8 Å². The second-order valence-electron chi connectivity index (χ2n) is 6.75. The SMILES string of the molecule is CC[NH+]1CCc2c(sc(NC(=O)c3ccc(C)cc3C)c2C(=O)OC)C1. The van der Waals surface area contributed by atoms with E-state index in [2.05, 4.69) is 12.2 Å². The highest BCUT2D eigenvalue weighted by molar-refractivity contribution is 7.17. The number of hydrogen-bond donors (Lipinski definition) is 2. The number of carbonyl (C=O) groups is 2. The second kappa shape index (κ2) is 7.60. The minimum atomic E-state index is -0.377. The normalized spacial score (nSPS) is 16.1. The number of rotatable bonds is 4. The summed E-state index contributed by atoms with van der Waals surface area (Å²) in [4.78, 5) is 27.8. The van der Waals surface area contributed by atoms with Crippen molar-refractivity contribution in [1.29, 1.82) is 0 Å². The molecular weight excluding hydrogens is 348 g/mol. The van der Waals surface area contributed by atoms with E-state index in [-0.39, 0.29) is 11.9 Å². The molecule has 0 saturated heterocycles. The lowest BCUT2D eigenvalue weighted by atomic mass is 10.0. The monoisotopic (exact) mass is 373 g/mol. The van der Waals surface area contributed by atoms with Crippen molar-refractivity contribution in [3.05, 3.63) is 50.9 Å². The number of ether oxygens (including phenoxy) is 1. The number of aryl methyl sites for hydroxylation is 2. The number of carbonyl (C=O) groups excluding carboxylic acids is 2. The Kier molecular flexibility index (Phi) is 5.44. The predicted octanol–water partition coefficient (Wildman–Crippen LogP) is 2.36. The maximum Gasteiger partial charge on any atom is 0.341 e. The summed E-state index contributed by atoms with van der Waals surface area (Å²) in [5, 5.41) is 3.56. The Morgan fingerprint density at radius 1 is 1.31 bits per heavy atom. The molecule has 26 heavy (non-hydrogen) atoms. The smallest absolute Gasteiger partial charge is 0.341 e. The third-order valence-electron chi connectivity index (χ3n) is 4.97. The van der Waals surface area contributed by atoms with Crippen LogP contribution in [0.1, 0.15) is 49.2 Å². The highest BCUT2D eigenvalue weighted by Crippen LogP contribution is 2.35. The zero-order valence-corrected chi connectivity index (χ0v) is 16.5. The quantitative estimate of drug-likeness (QED) is 0.809. The maximum absolute atomic E-state index is 12.8. The number of hydrogen-bond acceptors (Lipinski definition) is 4. The van der Waals surface area contributed by atoms with Crippen molar-refractivity contribution in [1.82, 2.24) is 0 Å². The molecule has 3 rings (SSSR count). The predicted molar refractivity (Wildman–Crippen MR) is 103 cm³/mol. The first kappa shape index (κ1) is 18.6. The van der Waals surface area contributed by atoms with Gasteiger partial charge in [0, 0.05) is 12.0 Å². The molecule has 1 aromatic heterocycles. The van der Waals surface area contributed by atoms with Gasteiger partial charge in [0.25, 0.3) is 5.91 Å². The van der Waals surface area contributed by atoms with Crippen LogP contribution in [0.3, 0.4) is 0 Å². The van der Waals surface area contributed by atoms with Crippen LogP contribution in [0.25, 0.3) is 0 Å². The first-order valence-electron chi connectivity index (χ1n) is 8.89. The molecule has 5 nitrogen and oxygen atoms in total. The van der Waals surface area contributed by atoms with Gasteiger partial charge in [-0.3, -0.25) is 4.79 Å². The van der Waals surface area contributed by atoms with E-state index in [0.29, 0.717) is 16.1 Å². The second-order valence-corrected chi connectivity index (χ2v) is 7.86. The number of fused-ring (bicyclic) bond motifs is 1. The van der Waals surface area contributed by atoms with Crippen LogP contribution in [0.15, 0.2) is 18.2 Å². The van der Waals surface area contributed by atoms with Crippen LogP contribution in [-0.4, -0.2) is 32.1 Å². The van der Waals surface area contributed by atoms with Crippen molar-refractivity contribution in [3.8, 4) is 0 Å². The molecule has 2 N–H and O–H groups in total. The van der Waals surface area contributed by atoms with E-state index in [1.807, 2.05) is 32.0 Å². The average Bonchev–Trinajstić information content (AvgIpc) is 2.97. The van der Waals surface area contributed by atoms with E-state index < -0.39 is 0 Å². The van der Waals surface area contributed by atoms with Gasteiger partial charge in [-0.1, -0.05) is 17.7 Å². The standard InChI is InChI=1S/C20H24N2O3S/c1-5-22-9-8-15-16(11-22)26-19(17(15)20(24)25-4)21-18(23)14-7-6-12(2)10-13(14)3/h6-7,10H,5,8-9,11H2,1-4H3,(H,21,23)/p+1. The van der Waals surface area contributed by atoms with Crippen molar-refractivity contribution in [2.24, 2.45) is 0 Å². The zero-order chi connectivity index (χ0) is 18.8. The molecule has 0 saturated carbocycles. The van der Waals surface area contributed by atoms with Crippen molar-refractivity contribution in [3.63, 3.8) is 0 Å². The molecule has 6 heteroatoms. The molecule has 1 aliphatic rings. The van der Waals surface area contributed by atoms with Crippen molar-refractivity contribution < 1.29 is 19.2 Å². The van der Waals surface area contributed by atoms with Gasteiger partial charge in [0.05, 0.1) is 30.6 Å². The van der Waals surface area contributed by atoms with Crippen LogP contribution >= 0.6 is 11.3 Å². The van der Waals surface area contributed by atoms with Crippen LogP contribution in [0.4, 0.5) is 5.00 Å². The number of benzene rings is 1. The number of thiophene rings is 1. The summed E-state index contributed by atoms with van der Waals surface area (Å²) in [5.74, 6) is -0.565. The molecule has 0 fully saturated rings. The summed E-state index contributed by atoms with van der Waals surface area (Å²) < 4.78 is 4.99. The van der Waals surface area contributed by atoms with Crippen molar-refractivity contribution in [2.45, 2.75) is 33.7 Å². The lowest BCUT2D eigenvalue weighted by molar-refractivity contribution is -0.913. The lowest BCUT2D eigenvalue weighted by Crippen LogP contribution is -3.11. The van der Waals surface area contributed by atoms with Gasteiger partial charge in [0.1, 0.15) is 11.5 Å². The van der Waals surface area contributed by atoms with E-state index in [4.69, 9.17) is 4.74 Å². The molecule has 0 bridgehead atoms. The number of likely N-dealkylation sites (N-methyl/N-ethyl adjacent to an activating group) is 1. The van der Waals surface area contributed by atoms with Gasteiger partial charge in [-0.05, 0) is 38.0 Å². The van der Waals surface area contributed by atoms with Gasteiger partial charge in [-0.25, -0.2) is 4.79 Å². The van der Waals surface area contributed by atoms with Crippen LogP contribution in [0.5, 0.6) is 0 Å². The molecule has 2 aromatic rings. The van der Waals surface area contributed by atoms with E-state index in [1.54, 1.807) is 0 Å². The minimum absolute atomic E-state index is 0.189. The fraction of sp³-hybridized carbons (Fsp3) is 0.400. The molecule has 0 aliphatic carbocycles. The fourth-order valence-corrected chi connectivity index (χ4v) is 4.79. The van der Waals surface area contributed by atoms with Crippen LogP contribution in [0.2, 0.25) is 0 Å². The minimum Gasteiger partial charge on any atom is -0.465 e. The Morgan fingerprint density at radius 3 is 2.73 bits per heavy atom. The first-order valence-corrected chi connectivity index (χ1v) is 9.71. The van der Waals surface area contributed by atoms with E-state index >= 15 is 0 Å². The lowest BCUT2D eigenvalue weighted by Gasteiger charge is -2.22. The Labute approximate surface area is 158 Å². The number of nitrogens with one attached hydrogen (secondary N) is 2. The molecule has 0 radical (unpaired) electrons. The molecule has 1 unspecified atom stereocenters. The molecule has 1 aromatic carbocycles. The van der Waals surface area contributed by atoms with E-state index in [9.17, 15) is 9.59 Å². The molecular formula is C20H25N2O3S+. The summed E-state index contributed by atoms with van der Waals surface area (Å²) in [5.41, 5.74) is 4.22. The Balaban J connectivity index is 1.95. The summed E-state index contributed by atoms with van der Waals surface area (Å²) in [6, 6.07) is 5.73. The third-order valence-corrected chi connectivity index (χ3v) is 6.12. The fourth-order valence-electron chi connectivity index (χ4n) is 3.48. The van der Waals surface area contributed by atoms with Gasteiger partial charge >= 0.3 is 5.97 Å². The Bertz CT molecular complexity index is 857. The average molecular weight is 373 g/mol. The molecule has 1 aliphatic heterocycles. The van der Waals surface area contributed by atoms with E-state index in [1.165, 1.54) is 28.2 Å². The van der Waals surface area contributed by atoms with Gasteiger partial charge in [0.2, 0.25) is 0 Å². The van der Waals surface area contributed by atoms with Gasteiger partial charge in [-0.2, -0.15) is 0 Å². The summed E-state index contributed by atoms with van der Waals surface area (Å²) >= 11 is 1.50. The first-order chi connectivity index (χ1) is 12.4. The highest BCUT2D eigenvalue weighted by atomic mass is 32.1. The van der Waals surface area contributed by atoms with Gasteiger partial charge in [0.15, 0.2) is 0 Å². The van der Waals surface area contributed by atoms with Crippen LogP contribution in [-0.2, 0) is 17.7 Å². The molecule has 2 heterocycles. The van der Waals surface area contributed by atoms with E-state index in [0.717, 1.165) is 42.7 Å².